The van der Waals surface area contributed by atoms with E-state index < -0.39 is 6.10 Å². The van der Waals surface area contributed by atoms with Crippen LogP contribution < -0.4 is 15.4 Å². The summed E-state index contributed by atoms with van der Waals surface area (Å²) in [6.45, 7) is 6.76. The summed E-state index contributed by atoms with van der Waals surface area (Å²) in [6.07, 6.45) is -0.609. The highest BCUT2D eigenvalue weighted by molar-refractivity contribution is 6.04. The van der Waals surface area contributed by atoms with Gasteiger partial charge in [-0.25, -0.2) is 0 Å². The van der Waals surface area contributed by atoms with Gasteiger partial charge in [0.15, 0.2) is 0 Å². The summed E-state index contributed by atoms with van der Waals surface area (Å²) in [5, 5.41) is 16.0. The Labute approximate surface area is 149 Å². The summed E-state index contributed by atoms with van der Waals surface area (Å²) in [7, 11) is 0. The Morgan fingerprint density at radius 2 is 1.84 bits per heavy atom. The molecule has 2 aromatic rings. The van der Waals surface area contributed by atoms with Gasteiger partial charge in [0.25, 0.3) is 5.91 Å². The molecule has 25 heavy (non-hydrogen) atoms. The van der Waals surface area contributed by atoms with Crippen LogP contribution in [0.3, 0.4) is 0 Å². The molecule has 1 unspecified atom stereocenters. The van der Waals surface area contributed by atoms with Gasteiger partial charge in [-0.15, -0.1) is 0 Å². The van der Waals surface area contributed by atoms with Gasteiger partial charge in [0, 0.05) is 29.4 Å². The van der Waals surface area contributed by atoms with Crippen LogP contribution in [0.1, 0.15) is 31.1 Å². The highest BCUT2D eigenvalue weighted by Crippen LogP contribution is 2.18. The number of anilines is 1. The highest BCUT2D eigenvalue weighted by atomic mass is 16.5. The molecule has 0 saturated heterocycles. The molecule has 0 spiro atoms. The van der Waals surface area contributed by atoms with Crippen molar-refractivity contribution in [3.05, 3.63) is 60.2 Å². The van der Waals surface area contributed by atoms with Crippen LogP contribution in [-0.4, -0.2) is 35.8 Å². The van der Waals surface area contributed by atoms with Crippen LogP contribution in [0.5, 0.6) is 5.75 Å². The third kappa shape index (κ3) is 6.95. The van der Waals surface area contributed by atoms with E-state index in [0.717, 1.165) is 0 Å². The van der Waals surface area contributed by atoms with Gasteiger partial charge in [0.1, 0.15) is 18.5 Å². The van der Waals surface area contributed by atoms with Crippen LogP contribution in [0.4, 0.5) is 5.69 Å². The molecule has 5 nitrogen and oxygen atoms in total. The molecule has 0 fully saturated rings. The molecule has 0 aliphatic heterocycles. The van der Waals surface area contributed by atoms with E-state index in [4.69, 9.17) is 4.74 Å². The van der Waals surface area contributed by atoms with Gasteiger partial charge in [-0.3, -0.25) is 4.79 Å². The lowest BCUT2D eigenvalue weighted by molar-refractivity contribution is 0.0999. The molecule has 134 valence electrons. The first kappa shape index (κ1) is 19.0. The molecule has 0 bridgehead atoms. The molecule has 2 aromatic carbocycles. The Hall–Kier alpha value is -2.37. The summed E-state index contributed by atoms with van der Waals surface area (Å²) in [4.78, 5) is 12.2. The molecule has 0 saturated carbocycles. The predicted octanol–water partition coefficient (Wildman–Crippen LogP) is 3.07. The molecule has 0 aliphatic carbocycles. The highest BCUT2D eigenvalue weighted by Gasteiger charge is 2.13. The Kier molecular flexibility index (Phi) is 6.56. The molecule has 1 amide bonds. The minimum absolute atomic E-state index is 0.0530. The van der Waals surface area contributed by atoms with Crippen molar-refractivity contribution in [2.45, 2.75) is 32.4 Å². The van der Waals surface area contributed by atoms with Gasteiger partial charge in [-0.05, 0) is 45.0 Å². The van der Waals surface area contributed by atoms with Crippen molar-refractivity contribution >= 4 is 11.6 Å². The van der Waals surface area contributed by atoms with Crippen LogP contribution in [0.25, 0.3) is 0 Å². The molecule has 0 radical (unpaired) electrons. The lowest BCUT2D eigenvalue weighted by Crippen LogP contribution is -2.42. The first-order valence-electron chi connectivity index (χ1n) is 8.36. The summed E-state index contributed by atoms with van der Waals surface area (Å²) in [5.41, 5.74) is 1.19. The van der Waals surface area contributed by atoms with E-state index in [1.807, 2.05) is 39.0 Å². The van der Waals surface area contributed by atoms with Crippen molar-refractivity contribution < 1.29 is 14.6 Å². The third-order valence-corrected chi connectivity index (χ3v) is 3.44. The second kappa shape index (κ2) is 8.65. The lowest BCUT2D eigenvalue weighted by Gasteiger charge is -2.23. The Morgan fingerprint density at radius 1 is 1.12 bits per heavy atom. The molecular formula is C20H26N2O3. The fourth-order valence-corrected chi connectivity index (χ4v) is 2.13. The largest absolute Gasteiger partial charge is 0.491 e. The molecule has 3 N–H and O–H groups in total. The Morgan fingerprint density at radius 3 is 2.52 bits per heavy atom. The molecular weight excluding hydrogens is 316 g/mol. The smallest absolute Gasteiger partial charge is 0.255 e. The van der Waals surface area contributed by atoms with E-state index in [2.05, 4.69) is 10.6 Å². The number of hydrogen-bond donors (Lipinski definition) is 3. The van der Waals surface area contributed by atoms with Crippen molar-refractivity contribution in [3.63, 3.8) is 0 Å². The Balaban J connectivity index is 1.87. The number of aliphatic hydroxyl groups excluding tert-OH is 1. The molecule has 0 aromatic heterocycles. The minimum atomic E-state index is -0.609. The molecule has 5 heteroatoms. The van der Waals surface area contributed by atoms with Crippen molar-refractivity contribution in [2.24, 2.45) is 0 Å². The number of carbonyl (C=O) groups excluding carboxylic acids is 1. The zero-order valence-corrected chi connectivity index (χ0v) is 15.0. The van der Waals surface area contributed by atoms with Gasteiger partial charge >= 0.3 is 0 Å². The fourth-order valence-electron chi connectivity index (χ4n) is 2.13. The number of aliphatic hydroxyl groups is 1. The molecule has 0 aliphatic rings. The maximum Gasteiger partial charge on any atom is 0.255 e. The summed E-state index contributed by atoms with van der Waals surface area (Å²) in [6, 6.07) is 16.2. The number of benzene rings is 2. The van der Waals surface area contributed by atoms with Gasteiger partial charge in [0.2, 0.25) is 0 Å². The quantitative estimate of drug-likeness (QED) is 0.723. The van der Waals surface area contributed by atoms with Gasteiger partial charge < -0.3 is 20.5 Å². The van der Waals surface area contributed by atoms with Crippen molar-refractivity contribution in [1.29, 1.82) is 0 Å². The number of hydrogen-bond acceptors (Lipinski definition) is 4. The van der Waals surface area contributed by atoms with Crippen LogP contribution in [0.15, 0.2) is 54.6 Å². The summed E-state index contributed by atoms with van der Waals surface area (Å²) in [5.74, 6) is 0.424. The van der Waals surface area contributed by atoms with Crippen molar-refractivity contribution in [3.8, 4) is 5.75 Å². The molecule has 1 atom stereocenters. The van der Waals surface area contributed by atoms with Gasteiger partial charge in [-0.1, -0.05) is 24.3 Å². The van der Waals surface area contributed by atoms with E-state index >= 15 is 0 Å². The zero-order chi connectivity index (χ0) is 18.3. The van der Waals surface area contributed by atoms with E-state index in [9.17, 15) is 9.90 Å². The normalized spacial score (nSPS) is 12.5. The number of β-amino-alcohol motifs (C(OH)–C–C–N with tert-alkyl or cyclic N) is 1. The van der Waals surface area contributed by atoms with Crippen LogP contribution >= 0.6 is 0 Å². The number of carbonyl (C=O) groups is 1. The fraction of sp³-hybridized carbons (Fsp3) is 0.350. The van der Waals surface area contributed by atoms with E-state index in [1.54, 1.807) is 36.4 Å². The topological polar surface area (TPSA) is 70.6 Å². The van der Waals surface area contributed by atoms with Gasteiger partial charge in [-0.2, -0.15) is 0 Å². The number of rotatable bonds is 7. The predicted molar refractivity (Wildman–Crippen MR) is 100 cm³/mol. The van der Waals surface area contributed by atoms with Crippen LogP contribution in [0, 0.1) is 0 Å². The minimum Gasteiger partial charge on any atom is -0.491 e. The molecule has 0 heterocycles. The lowest BCUT2D eigenvalue weighted by atomic mass is 10.1. The second-order valence-corrected chi connectivity index (χ2v) is 6.94. The van der Waals surface area contributed by atoms with Crippen molar-refractivity contribution in [1.82, 2.24) is 5.32 Å². The average molecular weight is 342 g/mol. The maximum atomic E-state index is 12.2. The first-order valence-corrected chi connectivity index (χ1v) is 8.36. The second-order valence-electron chi connectivity index (χ2n) is 6.94. The Bertz CT molecular complexity index is 681. The average Bonchev–Trinajstić information content (AvgIpc) is 2.58. The SMILES string of the molecule is CC(C)(C)NCC(O)COc1cccc(NC(=O)c2ccccc2)c1. The molecule has 2 rings (SSSR count). The summed E-state index contributed by atoms with van der Waals surface area (Å²) < 4.78 is 5.62. The first-order chi connectivity index (χ1) is 11.8. The van der Waals surface area contributed by atoms with E-state index in [-0.39, 0.29) is 18.1 Å². The van der Waals surface area contributed by atoms with E-state index in [0.29, 0.717) is 23.5 Å². The van der Waals surface area contributed by atoms with Gasteiger partial charge in [0.05, 0.1) is 0 Å². The summed E-state index contributed by atoms with van der Waals surface area (Å²) >= 11 is 0. The number of ether oxygens (including phenoxy) is 1. The standard InChI is InChI=1S/C20H26N2O3/c1-20(2,3)21-13-17(23)14-25-18-11-7-10-16(12-18)22-19(24)15-8-5-4-6-9-15/h4-12,17,21,23H,13-14H2,1-3H3,(H,22,24). The van der Waals surface area contributed by atoms with E-state index in [1.165, 1.54) is 0 Å². The zero-order valence-electron chi connectivity index (χ0n) is 15.0. The maximum absolute atomic E-state index is 12.2. The number of amides is 1. The monoisotopic (exact) mass is 342 g/mol. The number of nitrogens with one attached hydrogen (secondary N) is 2. The van der Waals surface area contributed by atoms with Crippen molar-refractivity contribution in [2.75, 3.05) is 18.5 Å². The van der Waals surface area contributed by atoms with Crippen LogP contribution in [-0.2, 0) is 0 Å². The van der Waals surface area contributed by atoms with Crippen LogP contribution in [0.2, 0.25) is 0 Å². The third-order valence-electron chi connectivity index (χ3n) is 3.44.